The van der Waals surface area contributed by atoms with Crippen LogP contribution in [0.5, 0.6) is 0 Å². The second-order valence-electron chi connectivity index (χ2n) is 8.25. The molecule has 1 atom stereocenters. The molecule has 3 amide bonds. The third-order valence-corrected chi connectivity index (χ3v) is 6.93. The summed E-state index contributed by atoms with van der Waals surface area (Å²) in [5.74, 6) is -0.555. The maximum atomic E-state index is 13.3. The van der Waals surface area contributed by atoms with Crippen LogP contribution in [-0.4, -0.2) is 42.3 Å². The molecule has 3 aromatic carbocycles. The molecule has 0 aromatic heterocycles. The molecule has 34 heavy (non-hydrogen) atoms. The molecular weight excluding hydrogens is 473 g/mol. The standard InChI is InChI=1S/C26H25Cl2N3O3/c1-16(25(33)29-2)31(15-19-20(27)10-5-11-21(19)28)23(32)13-6-14-30-22-12-4-8-17-7-3-9-18(24(17)22)26(30)34/h3-5,7-12,16H,6,13-15H2,1-2H3,(H,29,33)/t16-/m0/s1. The molecule has 3 aromatic rings. The van der Waals surface area contributed by atoms with Gasteiger partial charge in [0.25, 0.3) is 5.91 Å². The summed E-state index contributed by atoms with van der Waals surface area (Å²) in [6.07, 6.45) is 0.613. The first-order chi connectivity index (χ1) is 16.3. The number of halogens is 2. The van der Waals surface area contributed by atoms with E-state index >= 15 is 0 Å². The van der Waals surface area contributed by atoms with Crippen LogP contribution in [0.15, 0.2) is 54.6 Å². The van der Waals surface area contributed by atoms with E-state index in [0.717, 1.165) is 16.5 Å². The van der Waals surface area contributed by atoms with E-state index < -0.39 is 6.04 Å². The minimum atomic E-state index is -0.712. The molecule has 0 aliphatic carbocycles. The Morgan fingerprint density at radius 3 is 2.35 bits per heavy atom. The zero-order valence-corrected chi connectivity index (χ0v) is 20.5. The van der Waals surface area contributed by atoms with Crippen molar-refractivity contribution in [1.29, 1.82) is 0 Å². The van der Waals surface area contributed by atoms with E-state index in [4.69, 9.17) is 23.2 Å². The van der Waals surface area contributed by atoms with Crippen molar-refractivity contribution < 1.29 is 14.4 Å². The lowest BCUT2D eigenvalue weighted by Crippen LogP contribution is -2.47. The average Bonchev–Trinajstić information content (AvgIpc) is 3.11. The van der Waals surface area contributed by atoms with E-state index in [2.05, 4.69) is 5.32 Å². The van der Waals surface area contributed by atoms with Gasteiger partial charge in [-0.15, -0.1) is 0 Å². The number of hydrogen-bond donors (Lipinski definition) is 1. The maximum Gasteiger partial charge on any atom is 0.258 e. The topological polar surface area (TPSA) is 69.7 Å². The summed E-state index contributed by atoms with van der Waals surface area (Å²) < 4.78 is 0. The molecule has 6 nitrogen and oxygen atoms in total. The van der Waals surface area contributed by atoms with Crippen molar-refractivity contribution in [3.63, 3.8) is 0 Å². The molecule has 0 saturated carbocycles. The molecule has 0 bridgehead atoms. The summed E-state index contributed by atoms with van der Waals surface area (Å²) >= 11 is 12.6. The lowest BCUT2D eigenvalue weighted by atomic mass is 10.1. The van der Waals surface area contributed by atoms with Crippen LogP contribution >= 0.6 is 23.2 Å². The highest BCUT2D eigenvalue weighted by Gasteiger charge is 2.30. The van der Waals surface area contributed by atoms with Crippen molar-refractivity contribution in [2.75, 3.05) is 18.5 Å². The van der Waals surface area contributed by atoms with Gasteiger partial charge < -0.3 is 15.1 Å². The predicted octanol–water partition coefficient (Wildman–Crippen LogP) is 5.05. The number of carbonyl (C=O) groups excluding carboxylic acids is 3. The Kier molecular flexibility index (Phi) is 7.10. The van der Waals surface area contributed by atoms with Gasteiger partial charge in [-0.2, -0.15) is 0 Å². The summed E-state index contributed by atoms with van der Waals surface area (Å²) in [5.41, 5.74) is 2.14. The number of likely N-dealkylation sites (N-methyl/N-ethyl adjacent to an activating group) is 1. The van der Waals surface area contributed by atoms with Crippen LogP contribution in [0.3, 0.4) is 0 Å². The Morgan fingerprint density at radius 1 is 1.03 bits per heavy atom. The Hall–Kier alpha value is -3.09. The quantitative estimate of drug-likeness (QED) is 0.473. The third kappa shape index (κ3) is 4.48. The van der Waals surface area contributed by atoms with Gasteiger partial charge in [-0.3, -0.25) is 14.4 Å². The van der Waals surface area contributed by atoms with Crippen molar-refractivity contribution in [2.45, 2.75) is 32.4 Å². The van der Waals surface area contributed by atoms with Gasteiger partial charge in [0, 0.05) is 53.1 Å². The summed E-state index contributed by atoms with van der Waals surface area (Å²) in [5, 5.41) is 5.42. The lowest BCUT2D eigenvalue weighted by Gasteiger charge is -2.29. The van der Waals surface area contributed by atoms with Gasteiger partial charge in [-0.05, 0) is 43.0 Å². The molecule has 0 saturated heterocycles. The molecule has 4 rings (SSSR count). The van der Waals surface area contributed by atoms with Gasteiger partial charge in [0.05, 0.1) is 5.69 Å². The first kappa shape index (κ1) is 24.0. The van der Waals surface area contributed by atoms with Crippen molar-refractivity contribution >= 4 is 57.4 Å². The van der Waals surface area contributed by atoms with E-state index in [-0.39, 0.29) is 30.7 Å². The zero-order valence-electron chi connectivity index (χ0n) is 19.0. The highest BCUT2D eigenvalue weighted by molar-refractivity contribution is 6.36. The highest BCUT2D eigenvalue weighted by atomic mass is 35.5. The minimum absolute atomic E-state index is 0.0577. The Balaban J connectivity index is 1.49. The molecular formula is C26H25Cl2N3O3. The molecule has 0 radical (unpaired) electrons. The number of anilines is 1. The number of hydrogen-bond acceptors (Lipinski definition) is 3. The van der Waals surface area contributed by atoms with Crippen LogP contribution in [0.1, 0.15) is 35.7 Å². The minimum Gasteiger partial charge on any atom is -0.357 e. The summed E-state index contributed by atoms with van der Waals surface area (Å²) in [6, 6.07) is 16.0. The van der Waals surface area contributed by atoms with E-state index in [0.29, 0.717) is 34.1 Å². The number of benzene rings is 3. The smallest absolute Gasteiger partial charge is 0.258 e. The first-order valence-corrected chi connectivity index (χ1v) is 11.9. The Labute approximate surface area is 208 Å². The number of carbonyl (C=O) groups is 3. The molecule has 1 aliphatic rings. The SMILES string of the molecule is CNC(=O)[C@H](C)N(Cc1c(Cl)cccc1Cl)C(=O)CCCN1C(=O)c2cccc3cccc1c23. The fraction of sp³-hybridized carbons (Fsp3) is 0.269. The van der Waals surface area contributed by atoms with Gasteiger partial charge >= 0.3 is 0 Å². The number of nitrogens with zero attached hydrogens (tertiary/aromatic N) is 2. The Bertz CT molecular complexity index is 1250. The monoisotopic (exact) mass is 497 g/mol. The van der Waals surface area contributed by atoms with Crippen LogP contribution in [0.4, 0.5) is 5.69 Å². The molecule has 176 valence electrons. The number of amides is 3. The van der Waals surface area contributed by atoms with Crippen LogP contribution in [0, 0.1) is 0 Å². The molecule has 1 N–H and O–H groups in total. The third-order valence-electron chi connectivity index (χ3n) is 6.23. The summed E-state index contributed by atoms with van der Waals surface area (Å²) in [7, 11) is 1.53. The molecule has 0 unspecified atom stereocenters. The molecule has 0 fully saturated rings. The molecule has 8 heteroatoms. The Morgan fingerprint density at radius 2 is 1.68 bits per heavy atom. The fourth-order valence-corrected chi connectivity index (χ4v) is 4.90. The summed E-state index contributed by atoms with van der Waals surface area (Å²) in [6.45, 7) is 2.18. The molecule has 1 heterocycles. The number of rotatable bonds is 8. The molecule has 0 spiro atoms. The normalized spacial score (nSPS) is 13.3. The maximum absolute atomic E-state index is 13.3. The largest absolute Gasteiger partial charge is 0.357 e. The van der Waals surface area contributed by atoms with Gasteiger partial charge in [0.2, 0.25) is 11.8 Å². The first-order valence-electron chi connectivity index (χ1n) is 11.1. The predicted molar refractivity (Wildman–Crippen MR) is 135 cm³/mol. The second kappa shape index (κ2) is 10.0. The second-order valence-corrected chi connectivity index (χ2v) is 9.07. The zero-order chi connectivity index (χ0) is 24.4. The van der Waals surface area contributed by atoms with Gasteiger partial charge in [0.15, 0.2) is 0 Å². The summed E-state index contributed by atoms with van der Waals surface area (Å²) in [4.78, 5) is 41.8. The van der Waals surface area contributed by atoms with E-state index in [1.165, 1.54) is 11.9 Å². The highest BCUT2D eigenvalue weighted by Crippen LogP contribution is 2.37. The van der Waals surface area contributed by atoms with E-state index in [1.807, 2.05) is 36.4 Å². The fourth-order valence-electron chi connectivity index (χ4n) is 4.38. The van der Waals surface area contributed by atoms with Crippen molar-refractivity contribution in [2.24, 2.45) is 0 Å². The van der Waals surface area contributed by atoms with E-state index in [1.54, 1.807) is 30.0 Å². The van der Waals surface area contributed by atoms with E-state index in [9.17, 15) is 14.4 Å². The lowest BCUT2D eigenvalue weighted by molar-refractivity contribution is -0.140. The van der Waals surface area contributed by atoms with Gasteiger partial charge in [-0.1, -0.05) is 53.5 Å². The van der Waals surface area contributed by atoms with Gasteiger partial charge in [0.1, 0.15) is 6.04 Å². The van der Waals surface area contributed by atoms with Crippen LogP contribution in [0.25, 0.3) is 10.8 Å². The van der Waals surface area contributed by atoms with Crippen molar-refractivity contribution in [1.82, 2.24) is 10.2 Å². The van der Waals surface area contributed by atoms with Crippen molar-refractivity contribution in [3.8, 4) is 0 Å². The van der Waals surface area contributed by atoms with Crippen LogP contribution < -0.4 is 10.2 Å². The van der Waals surface area contributed by atoms with Gasteiger partial charge in [-0.25, -0.2) is 0 Å². The van der Waals surface area contributed by atoms with Crippen LogP contribution in [-0.2, 0) is 16.1 Å². The van der Waals surface area contributed by atoms with Crippen LogP contribution in [0.2, 0.25) is 10.0 Å². The molecule has 1 aliphatic heterocycles. The average molecular weight is 498 g/mol. The number of nitrogens with one attached hydrogen (secondary N) is 1. The van der Waals surface area contributed by atoms with Crippen molar-refractivity contribution in [3.05, 3.63) is 75.8 Å².